The van der Waals surface area contributed by atoms with Gasteiger partial charge in [-0.3, -0.25) is 4.79 Å². The van der Waals surface area contributed by atoms with E-state index in [4.69, 9.17) is 0 Å². The summed E-state index contributed by atoms with van der Waals surface area (Å²) in [6.45, 7) is 8.18. The molecule has 0 radical (unpaired) electrons. The second kappa shape index (κ2) is 8.89. The second-order valence-corrected chi connectivity index (χ2v) is 9.13. The molecule has 6 nitrogen and oxygen atoms in total. The van der Waals surface area contributed by atoms with Crippen molar-refractivity contribution in [2.75, 3.05) is 23.3 Å². The Morgan fingerprint density at radius 3 is 2.38 bits per heavy atom. The first-order chi connectivity index (χ1) is 16.4. The van der Waals surface area contributed by atoms with Gasteiger partial charge in [-0.05, 0) is 74.6 Å². The van der Waals surface area contributed by atoms with E-state index in [9.17, 15) is 9.18 Å². The summed E-state index contributed by atoms with van der Waals surface area (Å²) < 4.78 is 15.1. The summed E-state index contributed by atoms with van der Waals surface area (Å²) >= 11 is 0. The molecule has 174 valence electrons. The third-order valence-corrected chi connectivity index (χ3v) is 6.71. The SMILES string of the molecule is Cc1nn2c(C)c(C(=O)Nc3ccc(N4CCC(C)CC4)cc3)cnc2c1-c1ccc(F)cc1. The lowest BCUT2D eigenvalue weighted by Crippen LogP contribution is -2.32. The number of anilines is 2. The number of aromatic nitrogens is 3. The van der Waals surface area contributed by atoms with E-state index in [-0.39, 0.29) is 11.7 Å². The van der Waals surface area contributed by atoms with Crippen LogP contribution in [0.25, 0.3) is 16.8 Å². The van der Waals surface area contributed by atoms with Crippen LogP contribution in [0.4, 0.5) is 15.8 Å². The molecule has 1 saturated heterocycles. The molecular weight excluding hydrogens is 429 g/mol. The van der Waals surface area contributed by atoms with E-state index in [2.05, 4.69) is 39.4 Å². The van der Waals surface area contributed by atoms with Crippen LogP contribution in [0.2, 0.25) is 0 Å². The highest BCUT2D eigenvalue weighted by molar-refractivity contribution is 6.05. The summed E-state index contributed by atoms with van der Waals surface area (Å²) in [5.41, 5.74) is 6.14. The highest BCUT2D eigenvalue weighted by atomic mass is 19.1. The molecule has 0 unspecified atom stereocenters. The molecule has 7 heteroatoms. The fraction of sp³-hybridized carbons (Fsp3) is 0.296. The van der Waals surface area contributed by atoms with Gasteiger partial charge in [0, 0.05) is 36.2 Å². The molecule has 0 aliphatic carbocycles. The lowest BCUT2D eigenvalue weighted by Gasteiger charge is -2.32. The highest BCUT2D eigenvalue weighted by Gasteiger charge is 2.20. The van der Waals surface area contributed by atoms with Crippen LogP contribution in [-0.2, 0) is 0 Å². The van der Waals surface area contributed by atoms with Gasteiger partial charge in [0.25, 0.3) is 5.91 Å². The van der Waals surface area contributed by atoms with Crippen molar-refractivity contribution in [1.29, 1.82) is 0 Å². The molecule has 2 aromatic carbocycles. The number of amides is 1. The molecule has 0 bridgehead atoms. The molecule has 1 amide bonds. The van der Waals surface area contributed by atoms with Crippen LogP contribution in [0.5, 0.6) is 0 Å². The summed E-state index contributed by atoms with van der Waals surface area (Å²) in [6.07, 6.45) is 4.00. The van der Waals surface area contributed by atoms with Crippen LogP contribution < -0.4 is 10.2 Å². The Balaban J connectivity index is 1.37. The maximum Gasteiger partial charge on any atom is 0.259 e. The predicted octanol–water partition coefficient (Wildman–Crippen LogP) is 5.64. The largest absolute Gasteiger partial charge is 0.372 e. The number of hydrogen-bond acceptors (Lipinski definition) is 4. The highest BCUT2D eigenvalue weighted by Crippen LogP contribution is 2.29. The van der Waals surface area contributed by atoms with Gasteiger partial charge in [-0.1, -0.05) is 19.1 Å². The second-order valence-electron chi connectivity index (χ2n) is 9.13. The average Bonchev–Trinajstić information content (AvgIpc) is 3.18. The van der Waals surface area contributed by atoms with Gasteiger partial charge >= 0.3 is 0 Å². The molecule has 1 aliphatic rings. The molecule has 1 fully saturated rings. The van der Waals surface area contributed by atoms with Gasteiger partial charge < -0.3 is 10.2 Å². The lowest BCUT2D eigenvalue weighted by atomic mass is 9.99. The number of aryl methyl sites for hydroxylation is 2. The van der Waals surface area contributed by atoms with Crippen LogP contribution in [0, 0.1) is 25.6 Å². The Labute approximate surface area is 198 Å². The Kier molecular flexibility index (Phi) is 5.77. The van der Waals surface area contributed by atoms with Gasteiger partial charge in [-0.25, -0.2) is 13.9 Å². The first-order valence-corrected chi connectivity index (χ1v) is 11.7. The average molecular weight is 458 g/mol. The van der Waals surface area contributed by atoms with Gasteiger partial charge in [0.2, 0.25) is 0 Å². The van der Waals surface area contributed by atoms with E-state index in [1.165, 1.54) is 30.7 Å². The van der Waals surface area contributed by atoms with Gasteiger partial charge in [0.1, 0.15) is 5.82 Å². The van der Waals surface area contributed by atoms with Crippen molar-refractivity contribution in [3.05, 3.63) is 77.5 Å². The fourth-order valence-electron chi connectivity index (χ4n) is 4.60. The Morgan fingerprint density at radius 2 is 1.71 bits per heavy atom. The van der Waals surface area contributed by atoms with Gasteiger partial charge in [-0.2, -0.15) is 5.10 Å². The van der Waals surface area contributed by atoms with E-state index in [0.29, 0.717) is 16.9 Å². The number of nitrogens with one attached hydrogen (secondary N) is 1. The van der Waals surface area contributed by atoms with E-state index >= 15 is 0 Å². The molecule has 2 aromatic heterocycles. The Morgan fingerprint density at radius 1 is 1.03 bits per heavy atom. The molecule has 5 rings (SSSR count). The van der Waals surface area contributed by atoms with E-state index in [1.807, 2.05) is 26.0 Å². The molecule has 4 aromatic rings. The molecule has 3 heterocycles. The maximum absolute atomic E-state index is 13.4. The minimum Gasteiger partial charge on any atom is -0.372 e. The third kappa shape index (κ3) is 4.14. The maximum atomic E-state index is 13.4. The van der Waals surface area contributed by atoms with Crippen LogP contribution in [-0.4, -0.2) is 33.6 Å². The molecule has 1 aliphatic heterocycles. The normalized spacial score (nSPS) is 14.5. The minimum absolute atomic E-state index is 0.233. The number of hydrogen-bond donors (Lipinski definition) is 1. The van der Waals surface area contributed by atoms with Crippen molar-refractivity contribution in [2.45, 2.75) is 33.6 Å². The van der Waals surface area contributed by atoms with Gasteiger partial charge in [0.15, 0.2) is 5.65 Å². The molecule has 0 saturated carbocycles. The van der Waals surface area contributed by atoms with Crippen LogP contribution in [0.3, 0.4) is 0 Å². The molecule has 0 atom stereocenters. The zero-order valence-corrected chi connectivity index (χ0v) is 19.7. The summed E-state index contributed by atoms with van der Waals surface area (Å²) in [7, 11) is 0. The van der Waals surface area contributed by atoms with Crippen molar-refractivity contribution in [2.24, 2.45) is 5.92 Å². The number of halogens is 1. The number of fused-ring (bicyclic) bond motifs is 1. The number of rotatable bonds is 4. The molecule has 0 spiro atoms. The quantitative estimate of drug-likeness (QED) is 0.431. The van der Waals surface area contributed by atoms with Gasteiger partial charge in [-0.15, -0.1) is 0 Å². The summed E-state index contributed by atoms with van der Waals surface area (Å²) in [4.78, 5) is 20.0. The number of nitrogens with zero attached hydrogens (tertiary/aromatic N) is 4. The van der Waals surface area contributed by atoms with Crippen molar-refractivity contribution in [1.82, 2.24) is 14.6 Å². The zero-order valence-electron chi connectivity index (χ0n) is 19.7. The van der Waals surface area contributed by atoms with Crippen molar-refractivity contribution < 1.29 is 9.18 Å². The Hall–Kier alpha value is -3.74. The smallest absolute Gasteiger partial charge is 0.259 e. The van der Waals surface area contributed by atoms with E-state index in [1.54, 1.807) is 22.8 Å². The number of carbonyl (C=O) groups is 1. The van der Waals surface area contributed by atoms with Crippen LogP contribution in [0.1, 0.15) is 41.5 Å². The number of piperidine rings is 1. The van der Waals surface area contributed by atoms with Crippen molar-refractivity contribution in [3.63, 3.8) is 0 Å². The lowest BCUT2D eigenvalue weighted by molar-refractivity contribution is 0.102. The predicted molar refractivity (Wildman–Crippen MR) is 133 cm³/mol. The van der Waals surface area contributed by atoms with Gasteiger partial charge in [0.05, 0.1) is 17.0 Å². The van der Waals surface area contributed by atoms with Crippen molar-refractivity contribution >= 4 is 22.9 Å². The third-order valence-electron chi connectivity index (χ3n) is 6.71. The summed E-state index contributed by atoms with van der Waals surface area (Å²) in [5, 5.41) is 7.59. The molecular formula is C27H28FN5O. The van der Waals surface area contributed by atoms with Crippen molar-refractivity contribution in [3.8, 4) is 11.1 Å². The first-order valence-electron chi connectivity index (χ1n) is 11.7. The standard InChI is InChI=1S/C27H28FN5O/c1-17-12-14-32(15-13-17)23-10-8-22(9-11-23)30-27(34)24-16-29-26-25(18(2)31-33(26)19(24)3)20-4-6-21(28)7-5-20/h4-11,16-17H,12-15H2,1-3H3,(H,30,34). The molecule has 1 N–H and O–H groups in total. The minimum atomic E-state index is -0.292. The molecule has 34 heavy (non-hydrogen) atoms. The number of benzene rings is 2. The van der Waals surface area contributed by atoms with Crippen LogP contribution >= 0.6 is 0 Å². The summed E-state index contributed by atoms with van der Waals surface area (Å²) in [5.74, 6) is 0.261. The van der Waals surface area contributed by atoms with E-state index < -0.39 is 0 Å². The summed E-state index contributed by atoms with van der Waals surface area (Å²) in [6, 6.07) is 14.3. The zero-order chi connectivity index (χ0) is 23.8. The fourth-order valence-corrected chi connectivity index (χ4v) is 4.60. The Bertz CT molecular complexity index is 1340. The monoisotopic (exact) mass is 457 g/mol. The van der Waals surface area contributed by atoms with Crippen LogP contribution in [0.15, 0.2) is 54.7 Å². The topological polar surface area (TPSA) is 62.5 Å². The van der Waals surface area contributed by atoms with E-state index in [0.717, 1.165) is 41.5 Å². The first kappa shape index (κ1) is 22.1. The number of carbonyl (C=O) groups excluding carboxylic acids is 1.